The number of amides is 2. The summed E-state index contributed by atoms with van der Waals surface area (Å²) in [4.78, 5) is 34.8. The maximum Gasteiger partial charge on any atom is 0.411 e. The van der Waals surface area contributed by atoms with Crippen molar-refractivity contribution in [2.45, 2.75) is 4.90 Å². The van der Waals surface area contributed by atoms with Crippen molar-refractivity contribution in [1.82, 2.24) is 0 Å². The van der Waals surface area contributed by atoms with Crippen LogP contribution in [0, 0.1) is 10.1 Å². The summed E-state index contributed by atoms with van der Waals surface area (Å²) in [7, 11) is 1.25. The molecular formula is C16H15N3O5S. The molecule has 9 heteroatoms. The predicted molar refractivity (Wildman–Crippen MR) is 95.3 cm³/mol. The molecule has 0 aliphatic rings. The van der Waals surface area contributed by atoms with Gasteiger partial charge in [0.15, 0.2) is 0 Å². The van der Waals surface area contributed by atoms with Crippen LogP contribution in [0.4, 0.5) is 21.9 Å². The number of anilines is 2. The van der Waals surface area contributed by atoms with Gasteiger partial charge in [0.1, 0.15) is 5.56 Å². The number of carbonyl (C=O) groups is 2. The highest BCUT2D eigenvalue weighted by Crippen LogP contribution is 2.26. The number of methoxy groups -OCH3 is 1. The van der Waals surface area contributed by atoms with Crippen LogP contribution in [-0.2, 0) is 4.74 Å². The molecule has 2 rings (SSSR count). The highest BCUT2D eigenvalue weighted by molar-refractivity contribution is 7.98. The third-order valence-corrected chi connectivity index (χ3v) is 3.94. The minimum absolute atomic E-state index is 0.0198. The lowest BCUT2D eigenvalue weighted by Gasteiger charge is -2.08. The molecule has 0 saturated heterocycles. The van der Waals surface area contributed by atoms with Crippen LogP contribution in [0.1, 0.15) is 10.4 Å². The molecule has 0 heterocycles. The quantitative estimate of drug-likeness (QED) is 0.477. The SMILES string of the molecule is COC(=O)Nc1ccc(NC(=O)c2cc(SC)ccc2[N+](=O)[O-])cc1. The third-order valence-electron chi connectivity index (χ3n) is 3.22. The van der Waals surface area contributed by atoms with E-state index in [0.29, 0.717) is 11.4 Å². The van der Waals surface area contributed by atoms with Gasteiger partial charge in [-0.3, -0.25) is 20.2 Å². The molecule has 0 fully saturated rings. The van der Waals surface area contributed by atoms with E-state index in [-0.39, 0.29) is 11.3 Å². The average molecular weight is 361 g/mol. The Morgan fingerprint density at radius 2 is 1.68 bits per heavy atom. The van der Waals surface area contributed by atoms with Gasteiger partial charge >= 0.3 is 6.09 Å². The summed E-state index contributed by atoms with van der Waals surface area (Å²) >= 11 is 1.38. The molecule has 0 aliphatic heterocycles. The minimum Gasteiger partial charge on any atom is -0.453 e. The van der Waals surface area contributed by atoms with E-state index in [2.05, 4.69) is 15.4 Å². The van der Waals surface area contributed by atoms with Crippen molar-refractivity contribution in [3.05, 3.63) is 58.1 Å². The number of rotatable bonds is 5. The predicted octanol–water partition coefficient (Wildman–Crippen LogP) is 3.75. The Balaban J connectivity index is 2.19. The number of nitro groups is 1. The van der Waals surface area contributed by atoms with Gasteiger partial charge in [0, 0.05) is 22.3 Å². The fourth-order valence-corrected chi connectivity index (χ4v) is 2.43. The number of thioether (sulfide) groups is 1. The molecule has 0 unspecified atom stereocenters. The zero-order valence-corrected chi connectivity index (χ0v) is 14.3. The second kappa shape index (κ2) is 8.15. The van der Waals surface area contributed by atoms with E-state index in [4.69, 9.17) is 0 Å². The molecule has 2 aromatic carbocycles. The normalized spacial score (nSPS) is 10.0. The number of nitrogens with one attached hydrogen (secondary N) is 2. The van der Waals surface area contributed by atoms with Crippen molar-refractivity contribution in [1.29, 1.82) is 0 Å². The van der Waals surface area contributed by atoms with Crippen molar-refractivity contribution >= 4 is 40.8 Å². The summed E-state index contributed by atoms with van der Waals surface area (Å²) in [6, 6.07) is 10.6. The second-order valence-electron chi connectivity index (χ2n) is 4.79. The fraction of sp³-hybridized carbons (Fsp3) is 0.125. The van der Waals surface area contributed by atoms with E-state index in [9.17, 15) is 19.7 Å². The number of hydrogen-bond acceptors (Lipinski definition) is 6. The summed E-state index contributed by atoms with van der Waals surface area (Å²) < 4.78 is 4.48. The maximum absolute atomic E-state index is 12.4. The number of nitrogens with zero attached hydrogens (tertiary/aromatic N) is 1. The van der Waals surface area contributed by atoms with Crippen LogP contribution in [0.15, 0.2) is 47.4 Å². The first-order chi connectivity index (χ1) is 11.9. The molecule has 2 aromatic rings. The Morgan fingerprint density at radius 3 is 2.20 bits per heavy atom. The van der Waals surface area contributed by atoms with E-state index in [1.54, 1.807) is 30.3 Å². The van der Waals surface area contributed by atoms with Crippen molar-refractivity contribution in [3.63, 3.8) is 0 Å². The average Bonchev–Trinajstić information content (AvgIpc) is 2.62. The Bertz CT molecular complexity index is 808. The van der Waals surface area contributed by atoms with Gasteiger partial charge in [-0.1, -0.05) is 0 Å². The van der Waals surface area contributed by atoms with Gasteiger partial charge in [-0.05, 0) is 42.7 Å². The monoisotopic (exact) mass is 361 g/mol. The molecule has 0 bridgehead atoms. The number of benzene rings is 2. The molecule has 0 spiro atoms. The highest BCUT2D eigenvalue weighted by Gasteiger charge is 2.20. The largest absolute Gasteiger partial charge is 0.453 e. The molecule has 130 valence electrons. The lowest BCUT2D eigenvalue weighted by Crippen LogP contribution is -2.14. The van der Waals surface area contributed by atoms with Crippen LogP contribution in [-0.4, -0.2) is 30.3 Å². The molecule has 25 heavy (non-hydrogen) atoms. The topological polar surface area (TPSA) is 111 Å². The molecule has 2 N–H and O–H groups in total. The summed E-state index contributed by atoms with van der Waals surface area (Å²) in [5.41, 5.74) is 0.636. The first kappa shape index (κ1) is 18.3. The summed E-state index contributed by atoms with van der Waals surface area (Å²) in [5.74, 6) is -0.587. The van der Waals surface area contributed by atoms with Gasteiger partial charge in [-0.15, -0.1) is 11.8 Å². The fourth-order valence-electron chi connectivity index (χ4n) is 1.99. The van der Waals surface area contributed by atoms with Gasteiger partial charge in [-0.25, -0.2) is 4.79 Å². The van der Waals surface area contributed by atoms with E-state index in [0.717, 1.165) is 4.90 Å². The van der Waals surface area contributed by atoms with Crippen LogP contribution in [0.5, 0.6) is 0 Å². The Hall–Kier alpha value is -3.07. The first-order valence-corrected chi connectivity index (χ1v) is 8.26. The number of nitro benzene ring substituents is 1. The van der Waals surface area contributed by atoms with Gasteiger partial charge in [-0.2, -0.15) is 0 Å². The van der Waals surface area contributed by atoms with Gasteiger partial charge in [0.25, 0.3) is 11.6 Å². The van der Waals surface area contributed by atoms with E-state index in [1.165, 1.54) is 31.0 Å². The molecule has 2 amide bonds. The first-order valence-electron chi connectivity index (χ1n) is 7.03. The Labute approximate surface area is 147 Å². The smallest absolute Gasteiger partial charge is 0.411 e. The molecule has 0 aliphatic carbocycles. The van der Waals surface area contributed by atoms with Crippen LogP contribution < -0.4 is 10.6 Å². The molecule has 0 aromatic heterocycles. The van der Waals surface area contributed by atoms with Gasteiger partial charge in [0.05, 0.1) is 12.0 Å². The highest BCUT2D eigenvalue weighted by atomic mass is 32.2. The van der Waals surface area contributed by atoms with Crippen molar-refractivity contribution in [3.8, 4) is 0 Å². The Morgan fingerprint density at radius 1 is 1.08 bits per heavy atom. The lowest BCUT2D eigenvalue weighted by atomic mass is 10.1. The Kier molecular flexibility index (Phi) is 5.96. The summed E-state index contributed by atoms with van der Waals surface area (Å²) in [6.07, 6.45) is 1.21. The number of hydrogen-bond donors (Lipinski definition) is 2. The van der Waals surface area contributed by atoms with Crippen LogP contribution >= 0.6 is 11.8 Å². The van der Waals surface area contributed by atoms with Crippen LogP contribution in [0.2, 0.25) is 0 Å². The maximum atomic E-state index is 12.4. The zero-order valence-electron chi connectivity index (χ0n) is 13.4. The molecule has 0 radical (unpaired) electrons. The van der Waals surface area contributed by atoms with Crippen LogP contribution in [0.25, 0.3) is 0 Å². The van der Waals surface area contributed by atoms with E-state index < -0.39 is 16.9 Å². The zero-order chi connectivity index (χ0) is 18.4. The van der Waals surface area contributed by atoms with Gasteiger partial charge < -0.3 is 10.1 Å². The molecular weight excluding hydrogens is 346 g/mol. The molecule has 0 atom stereocenters. The third kappa shape index (κ3) is 4.70. The second-order valence-corrected chi connectivity index (χ2v) is 5.67. The van der Waals surface area contributed by atoms with Gasteiger partial charge in [0.2, 0.25) is 0 Å². The van der Waals surface area contributed by atoms with E-state index >= 15 is 0 Å². The summed E-state index contributed by atoms with van der Waals surface area (Å²) in [6.45, 7) is 0. The number of ether oxygens (including phenoxy) is 1. The minimum atomic E-state index is -0.610. The van der Waals surface area contributed by atoms with Crippen LogP contribution in [0.3, 0.4) is 0 Å². The van der Waals surface area contributed by atoms with E-state index in [1.807, 2.05) is 6.26 Å². The lowest BCUT2D eigenvalue weighted by molar-refractivity contribution is -0.385. The van der Waals surface area contributed by atoms with Crippen molar-refractivity contribution < 1.29 is 19.2 Å². The summed E-state index contributed by atoms with van der Waals surface area (Å²) in [5, 5.41) is 16.2. The standard InChI is InChI=1S/C16H15N3O5S/c1-24-16(21)18-11-5-3-10(4-6-11)17-15(20)13-9-12(25-2)7-8-14(13)19(22)23/h3-9H,1-2H3,(H,17,20)(H,18,21). The van der Waals surface area contributed by atoms with Crippen molar-refractivity contribution in [2.24, 2.45) is 0 Å². The van der Waals surface area contributed by atoms with Crippen molar-refractivity contribution in [2.75, 3.05) is 24.0 Å². The number of carbonyl (C=O) groups excluding carboxylic acids is 2. The molecule has 8 nitrogen and oxygen atoms in total. The molecule has 0 saturated carbocycles.